The number of nitrogens with one attached hydrogen (secondary N) is 1. The van der Waals surface area contributed by atoms with Crippen LogP contribution in [0.15, 0.2) is 24.3 Å². The Morgan fingerprint density at radius 3 is 2.66 bits per heavy atom. The van der Waals surface area contributed by atoms with Gasteiger partial charge in [-0.3, -0.25) is 19.4 Å². The highest BCUT2D eigenvalue weighted by Gasteiger charge is 2.50. The van der Waals surface area contributed by atoms with Gasteiger partial charge in [-0.05, 0) is 51.2 Å². The Morgan fingerprint density at radius 2 is 1.94 bits per heavy atom. The fourth-order valence-corrected chi connectivity index (χ4v) is 4.94. The Balaban J connectivity index is 1.55. The number of carboxylic acid groups (broad SMARTS) is 1. The van der Waals surface area contributed by atoms with E-state index in [0.717, 1.165) is 29.7 Å². The molecule has 0 radical (unpaired) electrons. The number of aryl methyl sites for hydroxylation is 1. The van der Waals surface area contributed by atoms with Crippen LogP contribution in [0.5, 0.6) is 0 Å². The highest BCUT2D eigenvalue weighted by atomic mass is 16.7. The fourth-order valence-electron chi connectivity index (χ4n) is 4.94. The summed E-state index contributed by atoms with van der Waals surface area (Å²) in [6.07, 6.45) is 0.798. The van der Waals surface area contributed by atoms with Gasteiger partial charge in [0.1, 0.15) is 12.1 Å². The van der Waals surface area contributed by atoms with Crippen LogP contribution >= 0.6 is 0 Å². The van der Waals surface area contributed by atoms with E-state index >= 15 is 0 Å². The van der Waals surface area contributed by atoms with E-state index in [2.05, 4.69) is 11.4 Å². The minimum absolute atomic E-state index is 0.00587. The fraction of sp³-hybridized carbons (Fsp3) is 0.609. The van der Waals surface area contributed by atoms with Gasteiger partial charge in [0.25, 0.3) is 0 Å². The monoisotopic (exact) mass is 445 g/mol. The largest absolute Gasteiger partial charge is 0.465 e. The van der Waals surface area contributed by atoms with Crippen molar-refractivity contribution in [1.82, 2.24) is 15.1 Å². The smallest absolute Gasteiger partial charge is 0.408 e. The van der Waals surface area contributed by atoms with E-state index in [1.807, 2.05) is 18.2 Å². The van der Waals surface area contributed by atoms with Crippen LogP contribution in [0.3, 0.4) is 0 Å². The molecule has 0 aromatic heterocycles. The first-order chi connectivity index (χ1) is 15.2. The van der Waals surface area contributed by atoms with Crippen LogP contribution in [0.4, 0.5) is 4.79 Å². The molecule has 0 saturated carbocycles. The van der Waals surface area contributed by atoms with Crippen molar-refractivity contribution in [2.75, 3.05) is 13.2 Å². The molecule has 2 fully saturated rings. The summed E-state index contributed by atoms with van der Waals surface area (Å²) < 4.78 is 11.3. The Labute approximate surface area is 187 Å². The second-order valence-electron chi connectivity index (χ2n) is 9.55. The van der Waals surface area contributed by atoms with Crippen molar-refractivity contribution in [1.29, 1.82) is 0 Å². The maximum absolute atomic E-state index is 13.5. The second-order valence-corrected chi connectivity index (χ2v) is 9.55. The summed E-state index contributed by atoms with van der Waals surface area (Å²) in [5.41, 5.74) is 1.53. The van der Waals surface area contributed by atoms with E-state index in [1.54, 1.807) is 20.8 Å². The third kappa shape index (κ3) is 4.19. The van der Waals surface area contributed by atoms with Gasteiger partial charge in [0.05, 0.1) is 19.3 Å². The Kier molecular flexibility index (Phi) is 6.13. The number of benzene rings is 1. The van der Waals surface area contributed by atoms with Crippen molar-refractivity contribution in [2.45, 2.75) is 76.5 Å². The summed E-state index contributed by atoms with van der Waals surface area (Å²) in [6, 6.07) is 6.10. The first-order valence-corrected chi connectivity index (χ1v) is 11.1. The molecule has 4 rings (SSSR count). The number of hydrogen-bond donors (Lipinski definition) is 2. The van der Waals surface area contributed by atoms with E-state index in [4.69, 9.17) is 9.47 Å². The highest BCUT2D eigenvalue weighted by molar-refractivity contribution is 5.92. The molecule has 174 valence electrons. The number of nitrogens with zero attached hydrogens (tertiary/aromatic N) is 2. The van der Waals surface area contributed by atoms with Crippen LogP contribution in [0.2, 0.25) is 0 Å². The Bertz CT molecular complexity index is 898. The molecule has 2 aliphatic heterocycles. The van der Waals surface area contributed by atoms with Gasteiger partial charge in [-0.1, -0.05) is 24.3 Å². The minimum atomic E-state index is -1.19. The molecular formula is C23H31N3O6. The summed E-state index contributed by atoms with van der Waals surface area (Å²) in [6.45, 7) is 5.38. The summed E-state index contributed by atoms with van der Waals surface area (Å²) in [5.74, 6) is -0.782. The van der Waals surface area contributed by atoms with E-state index in [-0.39, 0.29) is 31.6 Å². The average molecular weight is 446 g/mol. The zero-order chi connectivity index (χ0) is 23.0. The molecule has 1 unspecified atom stereocenters. The maximum Gasteiger partial charge on any atom is 0.408 e. The van der Waals surface area contributed by atoms with Gasteiger partial charge in [0, 0.05) is 12.0 Å². The lowest BCUT2D eigenvalue weighted by atomic mass is 9.87. The molecule has 9 heteroatoms. The molecular weight excluding hydrogens is 414 g/mol. The first-order valence-electron chi connectivity index (χ1n) is 11.1. The number of hydrogen-bond acceptors (Lipinski definition) is 5. The Hall–Kier alpha value is -2.65. The molecule has 1 aromatic carbocycles. The van der Waals surface area contributed by atoms with Crippen molar-refractivity contribution in [3.63, 3.8) is 0 Å². The standard InChI is InChI=1S/C23H31N3O6/c1-23(2,3)26(21(29)30)17-11-12-31-22-25(20(17)28)18(13-32-22)19(27)24-16-10-6-8-14-7-4-5-9-15(14)16/h4-5,7,9,16-18,22H,6,8,10-13H2,1-3H3,(H,24,27)(H,29,30)/t16-,17+,18?,22+/m1/s1. The van der Waals surface area contributed by atoms with Crippen LogP contribution < -0.4 is 5.32 Å². The number of carbonyl (C=O) groups is 3. The van der Waals surface area contributed by atoms with Crippen molar-refractivity contribution in [3.05, 3.63) is 35.4 Å². The van der Waals surface area contributed by atoms with E-state index in [9.17, 15) is 19.5 Å². The van der Waals surface area contributed by atoms with Gasteiger partial charge in [0.15, 0.2) is 0 Å². The van der Waals surface area contributed by atoms with E-state index < -0.39 is 36.0 Å². The summed E-state index contributed by atoms with van der Waals surface area (Å²) in [4.78, 5) is 41.2. The summed E-state index contributed by atoms with van der Waals surface area (Å²) >= 11 is 0. The molecule has 2 heterocycles. The third-order valence-corrected chi connectivity index (χ3v) is 6.38. The predicted octanol–water partition coefficient (Wildman–Crippen LogP) is 2.26. The minimum Gasteiger partial charge on any atom is -0.465 e. The van der Waals surface area contributed by atoms with Crippen LogP contribution in [0, 0.1) is 0 Å². The van der Waals surface area contributed by atoms with Crippen molar-refractivity contribution >= 4 is 17.9 Å². The highest BCUT2D eigenvalue weighted by Crippen LogP contribution is 2.32. The number of ether oxygens (including phenoxy) is 2. The molecule has 4 atom stereocenters. The lowest BCUT2D eigenvalue weighted by Crippen LogP contribution is -2.60. The number of carbonyl (C=O) groups excluding carboxylic acids is 2. The van der Waals surface area contributed by atoms with Crippen LogP contribution in [-0.4, -0.2) is 70.1 Å². The van der Waals surface area contributed by atoms with Gasteiger partial charge in [0.2, 0.25) is 18.2 Å². The molecule has 32 heavy (non-hydrogen) atoms. The van der Waals surface area contributed by atoms with Gasteiger partial charge in [-0.25, -0.2) is 4.79 Å². The van der Waals surface area contributed by atoms with E-state index in [1.165, 1.54) is 10.5 Å². The third-order valence-electron chi connectivity index (χ3n) is 6.38. The maximum atomic E-state index is 13.5. The van der Waals surface area contributed by atoms with Crippen molar-refractivity contribution in [2.24, 2.45) is 0 Å². The molecule has 9 nitrogen and oxygen atoms in total. The predicted molar refractivity (Wildman–Crippen MR) is 115 cm³/mol. The molecule has 2 N–H and O–H groups in total. The normalized spacial score (nSPS) is 27.8. The summed E-state index contributed by atoms with van der Waals surface area (Å²) in [7, 11) is 0. The molecule has 2 saturated heterocycles. The quantitative estimate of drug-likeness (QED) is 0.739. The molecule has 3 amide bonds. The second kappa shape index (κ2) is 8.71. The zero-order valence-corrected chi connectivity index (χ0v) is 18.7. The van der Waals surface area contributed by atoms with Gasteiger partial charge < -0.3 is 19.9 Å². The summed E-state index contributed by atoms with van der Waals surface area (Å²) in [5, 5.41) is 12.9. The molecule has 3 aliphatic rings. The van der Waals surface area contributed by atoms with Gasteiger partial charge >= 0.3 is 6.09 Å². The number of rotatable bonds is 3. The molecule has 0 bridgehead atoms. The van der Waals surface area contributed by atoms with Gasteiger partial charge in [-0.15, -0.1) is 0 Å². The average Bonchev–Trinajstić information content (AvgIpc) is 3.09. The molecule has 1 aliphatic carbocycles. The van der Waals surface area contributed by atoms with Gasteiger partial charge in [-0.2, -0.15) is 0 Å². The zero-order valence-electron chi connectivity index (χ0n) is 18.7. The Morgan fingerprint density at radius 1 is 1.19 bits per heavy atom. The SMILES string of the molecule is CC(C)(C)N(C(=O)O)[C@H]1CCO[C@H]2OCC(C(=O)N[C@@H]3CCCc4ccccc43)N2C1=O. The van der Waals surface area contributed by atoms with Crippen LogP contribution in [0.1, 0.15) is 57.2 Å². The lowest BCUT2D eigenvalue weighted by Gasteiger charge is -2.39. The van der Waals surface area contributed by atoms with Crippen molar-refractivity contribution in [3.8, 4) is 0 Å². The molecule has 1 aromatic rings. The first kappa shape index (κ1) is 22.5. The van der Waals surface area contributed by atoms with Crippen LogP contribution in [0.25, 0.3) is 0 Å². The number of amides is 3. The van der Waals surface area contributed by atoms with E-state index in [0.29, 0.717) is 0 Å². The molecule has 0 spiro atoms. The topological polar surface area (TPSA) is 108 Å². The van der Waals surface area contributed by atoms with Crippen molar-refractivity contribution < 1.29 is 29.0 Å². The number of fused-ring (bicyclic) bond motifs is 2. The van der Waals surface area contributed by atoms with Crippen LogP contribution in [-0.2, 0) is 25.5 Å². The lowest BCUT2D eigenvalue weighted by molar-refractivity contribution is -0.180.